The van der Waals surface area contributed by atoms with E-state index in [0.717, 1.165) is 13.1 Å². The number of hydrogen-bond donors (Lipinski definition) is 1. The summed E-state index contributed by atoms with van der Waals surface area (Å²) < 4.78 is 0. The summed E-state index contributed by atoms with van der Waals surface area (Å²) in [6.45, 7) is 13.2. The number of rotatable bonds is 5. The largest absolute Gasteiger partial charge is 0.373 e. The zero-order chi connectivity index (χ0) is 13.8. The highest BCUT2D eigenvalue weighted by Crippen LogP contribution is 2.24. The Hall–Kier alpha value is -1.02. The molecule has 0 spiro atoms. The Morgan fingerprint density at radius 1 is 1.11 bits per heavy atom. The average Bonchev–Trinajstić information content (AvgIpc) is 2.27. The SMILES string of the molecule is CC(C)NCCN(C)c1ccc(C(C)(C)C)cc1. The molecule has 0 amide bonds. The highest BCUT2D eigenvalue weighted by atomic mass is 15.1. The summed E-state index contributed by atoms with van der Waals surface area (Å²) in [5, 5.41) is 3.44. The fraction of sp³-hybridized carbons (Fsp3) is 0.625. The maximum atomic E-state index is 3.44. The lowest BCUT2D eigenvalue weighted by Crippen LogP contribution is -2.32. The van der Waals surface area contributed by atoms with E-state index in [1.807, 2.05) is 0 Å². The third-order valence-electron chi connectivity index (χ3n) is 3.17. The third kappa shape index (κ3) is 4.69. The first-order valence-corrected chi connectivity index (χ1v) is 6.86. The number of hydrogen-bond acceptors (Lipinski definition) is 2. The Morgan fingerprint density at radius 3 is 2.11 bits per heavy atom. The molecule has 18 heavy (non-hydrogen) atoms. The van der Waals surface area contributed by atoms with Gasteiger partial charge >= 0.3 is 0 Å². The van der Waals surface area contributed by atoms with Crippen LogP contribution in [0.4, 0.5) is 5.69 Å². The van der Waals surface area contributed by atoms with E-state index in [2.05, 4.69) is 76.1 Å². The summed E-state index contributed by atoms with van der Waals surface area (Å²) in [5.74, 6) is 0. The Kier molecular flexibility index (Phi) is 5.21. The van der Waals surface area contributed by atoms with Gasteiger partial charge in [0.15, 0.2) is 0 Å². The van der Waals surface area contributed by atoms with Gasteiger partial charge in [0.25, 0.3) is 0 Å². The van der Waals surface area contributed by atoms with Crippen molar-refractivity contribution in [1.29, 1.82) is 0 Å². The molecule has 1 aromatic carbocycles. The molecule has 0 fully saturated rings. The molecule has 1 N–H and O–H groups in total. The van der Waals surface area contributed by atoms with E-state index in [9.17, 15) is 0 Å². The zero-order valence-electron chi connectivity index (χ0n) is 12.7. The van der Waals surface area contributed by atoms with Crippen LogP contribution < -0.4 is 10.2 Å². The van der Waals surface area contributed by atoms with Gasteiger partial charge in [-0.05, 0) is 23.1 Å². The second-order valence-electron chi connectivity index (χ2n) is 6.33. The van der Waals surface area contributed by atoms with E-state index in [1.54, 1.807) is 0 Å². The molecule has 0 aliphatic carbocycles. The lowest BCUT2D eigenvalue weighted by molar-refractivity contribution is 0.587. The highest BCUT2D eigenvalue weighted by Gasteiger charge is 2.13. The predicted octanol–water partition coefficient (Wildman–Crippen LogP) is 3.42. The maximum absolute atomic E-state index is 3.44. The first-order chi connectivity index (χ1) is 8.30. The van der Waals surface area contributed by atoms with Crippen LogP contribution in [0.15, 0.2) is 24.3 Å². The topological polar surface area (TPSA) is 15.3 Å². The van der Waals surface area contributed by atoms with E-state index in [4.69, 9.17) is 0 Å². The number of benzene rings is 1. The van der Waals surface area contributed by atoms with Crippen LogP contribution >= 0.6 is 0 Å². The monoisotopic (exact) mass is 248 g/mol. The minimum Gasteiger partial charge on any atom is -0.373 e. The minimum atomic E-state index is 0.232. The van der Waals surface area contributed by atoms with Crippen LogP contribution in [0, 0.1) is 0 Å². The molecule has 0 atom stereocenters. The molecular weight excluding hydrogens is 220 g/mol. The Morgan fingerprint density at radius 2 is 1.67 bits per heavy atom. The fourth-order valence-corrected chi connectivity index (χ4v) is 1.87. The molecule has 102 valence electrons. The molecule has 0 saturated heterocycles. The van der Waals surface area contributed by atoms with Crippen molar-refractivity contribution in [3.8, 4) is 0 Å². The van der Waals surface area contributed by atoms with Gasteiger partial charge in [0.2, 0.25) is 0 Å². The molecule has 0 aromatic heterocycles. The summed E-state index contributed by atoms with van der Waals surface area (Å²) in [4.78, 5) is 2.29. The van der Waals surface area contributed by atoms with E-state index >= 15 is 0 Å². The van der Waals surface area contributed by atoms with Gasteiger partial charge in [-0.3, -0.25) is 0 Å². The number of nitrogens with zero attached hydrogens (tertiary/aromatic N) is 1. The minimum absolute atomic E-state index is 0.232. The Balaban J connectivity index is 2.56. The van der Waals surface area contributed by atoms with Crippen molar-refractivity contribution in [2.45, 2.75) is 46.1 Å². The Bertz CT molecular complexity index is 346. The summed E-state index contributed by atoms with van der Waals surface area (Å²) in [6, 6.07) is 9.47. The van der Waals surface area contributed by atoms with Crippen molar-refractivity contribution in [1.82, 2.24) is 5.32 Å². The molecule has 0 unspecified atom stereocenters. The van der Waals surface area contributed by atoms with Crippen molar-refractivity contribution in [3.63, 3.8) is 0 Å². The number of nitrogens with one attached hydrogen (secondary N) is 1. The van der Waals surface area contributed by atoms with E-state index < -0.39 is 0 Å². The predicted molar refractivity (Wildman–Crippen MR) is 81.6 cm³/mol. The lowest BCUT2D eigenvalue weighted by atomic mass is 9.87. The summed E-state index contributed by atoms with van der Waals surface area (Å²) in [6.07, 6.45) is 0. The van der Waals surface area contributed by atoms with Gasteiger partial charge < -0.3 is 10.2 Å². The van der Waals surface area contributed by atoms with Gasteiger partial charge in [-0.15, -0.1) is 0 Å². The van der Waals surface area contributed by atoms with Gasteiger partial charge in [-0.25, -0.2) is 0 Å². The third-order valence-corrected chi connectivity index (χ3v) is 3.17. The van der Waals surface area contributed by atoms with Crippen molar-refractivity contribution in [2.24, 2.45) is 0 Å². The summed E-state index contributed by atoms with van der Waals surface area (Å²) >= 11 is 0. The molecule has 0 aliphatic rings. The molecule has 0 bridgehead atoms. The van der Waals surface area contributed by atoms with Crippen LogP contribution in [0.1, 0.15) is 40.2 Å². The molecule has 0 heterocycles. The summed E-state index contributed by atoms with van der Waals surface area (Å²) in [7, 11) is 2.15. The van der Waals surface area contributed by atoms with Crippen LogP contribution in [0.2, 0.25) is 0 Å². The van der Waals surface area contributed by atoms with E-state index in [-0.39, 0.29) is 5.41 Å². The molecular formula is C16H28N2. The highest BCUT2D eigenvalue weighted by molar-refractivity contribution is 5.47. The van der Waals surface area contributed by atoms with Gasteiger partial charge in [0.1, 0.15) is 0 Å². The van der Waals surface area contributed by atoms with Crippen molar-refractivity contribution >= 4 is 5.69 Å². The second kappa shape index (κ2) is 6.24. The fourth-order valence-electron chi connectivity index (χ4n) is 1.87. The van der Waals surface area contributed by atoms with Gasteiger partial charge in [0, 0.05) is 31.9 Å². The van der Waals surface area contributed by atoms with Crippen molar-refractivity contribution in [2.75, 3.05) is 25.0 Å². The van der Waals surface area contributed by atoms with Gasteiger partial charge in [0.05, 0.1) is 0 Å². The molecule has 1 rings (SSSR count). The second-order valence-corrected chi connectivity index (χ2v) is 6.33. The smallest absolute Gasteiger partial charge is 0.0364 e. The van der Waals surface area contributed by atoms with Crippen LogP contribution in [-0.4, -0.2) is 26.2 Å². The Labute approximate surface area is 112 Å². The molecule has 2 heteroatoms. The van der Waals surface area contributed by atoms with Crippen molar-refractivity contribution in [3.05, 3.63) is 29.8 Å². The van der Waals surface area contributed by atoms with Gasteiger partial charge in [-0.1, -0.05) is 46.8 Å². The average molecular weight is 248 g/mol. The van der Waals surface area contributed by atoms with Crippen molar-refractivity contribution < 1.29 is 0 Å². The summed E-state index contributed by atoms with van der Waals surface area (Å²) in [5.41, 5.74) is 2.91. The zero-order valence-corrected chi connectivity index (χ0v) is 12.7. The molecule has 2 nitrogen and oxygen atoms in total. The molecule has 1 aromatic rings. The lowest BCUT2D eigenvalue weighted by Gasteiger charge is -2.23. The first kappa shape index (κ1) is 15.0. The number of likely N-dealkylation sites (N-methyl/N-ethyl adjacent to an activating group) is 1. The van der Waals surface area contributed by atoms with Crippen LogP contribution in [0.5, 0.6) is 0 Å². The molecule has 0 aliphatic heterocycles. The van der Waals surface area contributed by atoms with Crippen LogP contribution in [0.25, 0.3) is 0 Å². The van der Waals surface area contributed by atoms with Crippen LogP contribution in [-0.2, 0) is 5.41 Å². The molecule has 0 radical (unpaired) electrons. The molecule has 0 saturated carbocycles. The first-order valence-electron chi connectivity index (χ1n) is 6.86. The van der Waals surface area contributed by atoms with E-state index in [0.29, 0.717) is 6.04 Å². The quantitative estimate of drug-likeness (QED) is 0.859. The van der Waals surface area contributed by atoms with E-state index in [1.165, 1.54) is 11.3 Å². The number of anilines is 1. The maximum Gasteiger partial charge on any atom is 0.0364 e. The van der Waals surface area contributed by atoms with Gasteiger partial charge in [-0.2, -0.15) is 0 Å². The standard InChI is InChI=1S/C16H28N2/c1-13(2)17-11-12-18(6)15-9-7-14(8-10-15)16(3,4)5/h7-10,13,17H,11-12H2,1-6H3. The van der Waals surface area contributed by atoms with Crippen LogP contribution in [0.3, 0.4) is 0 Å². The normalized spacial score (nSPS) is 11.9.